The van der Waals surface area contributed by atoms with Crippen molar-refractivity contribution in [2.45, 2.75) is 6.92 Å². The second-order valence-corrected chi connectivity index (χ2v) is 5.65. The summed E-state index contributed by atoms with van der Waals surface area (Å²) in [4.78, 5) is 26.2. The van der Waals surface area contributed by atoms with E-state index in [2.05, 4.69) is 5.32 Å². The van der Waals surface area contributed by atoms with Gasteiger partial charge in [0.2, 0.25) is 0 Å². The highest BCUT2D eigenvalue weighted by Gasteiger charge is 2.39. The molecular weight excluding hydrogens is 328 g/mol. The molecule has 0 saturated heterocycles. The van der Waals surface area contributed by atoms with Crippen molar-refractivity contribution in [1.29, 1.82) is 0 Å². The number of methoxy groups -OCH3 is 1. The first-order valence-corrected chi connectivity index (χ1v) is 7.66. The molecule has 1 heterocycles. The van der Waals surface area contributed by atoms with Crippen molar-refractivity contribution >= 4 is 34.8 Å². The number of hydrogen-bond acceptors (Lipinski definition) is 4. The van der Waals surface area contributed by atoms with Gasteiger partial charge in [0, 0.05) is 11.8 Å². The number of aryl methyl sites for hydroxylation is 1. The Morgan fingerprint density at radius 1 is 1.04 bits per heavy atom. The number of hydrogen-bond donors (Lipinski definition) is 1. The van der Waals surface area contributed by atoms with E-state index in [0.29, 0.717) is 11.4 Å². The van der Waals surface area contributed by atoms with Gasteiger partial charge in [-0.25, -0.2) is 4.90 Å². The molecule has 2 aromatic rings. The normalized spacial score (nSPS) is 14.4. The molecule has 24 heavy (non-hydrogen) atoms. The van der Waals surface area contributed by atoms with E-state index in [1.807, 2.05) is 31.2 Å². The number of para-hydroxylation sites is 1. The fourth-order valence-electron chi connectivity index (χ4n) is 2.44. The maximum atomic E-state index is 12.7. The number of halogens is 1. The molecule has 2 aromatic carbocycles. The minimum atomic E-state index is -0.564. The molecule has 0 bridgehead atoms. The monoisotopic (exact) mass is 342 g/mol. The molecule has 5 nitrogen and oxygen atoms in total. The first kappa shape index (κ1) is 16.1. The molecule has 122 valence electrons. The van der Waals surface area contributed by atoms with Gasteiger partial charge in [0.1, 0.15) is 16.5 Å². The smallest absolute Gasteiger partial charge is 0.283 e. The van der Waals surface area contributed by atoms with E-state index < -0.39 is 11.8 Å². The highest BCUT2D eigenvalue weighted by Crippen LogP contribution is 2.32. The Hall–Kier alpha value is -2.79. The zero-order valence-corrected chi connectivity index (χ0v) is 13.9. The Bertz CT molecular complexity index is 861. The van der Waals surface area contributed by atoms with Crippen molar-refractivity contribution < 1.29 is 14.3 Å². The summed E-state index contributed by atoms with van der Waals surface area (Å²) < 4.78 is 5.14. The van der Waals surface area contributed by atoms with Crippen LogP contribution in [0.1, 0.15) is 5.56 Å². The maximum absolute atomic E-state index is 12.7. The van der Waals surface area contributed by atoms with Gasteiger partial charge in [0.25, 0.3) is 11.8 Å². The predicted molar refractivity (Wildman–Crippen MR) is 93.2 cm³/mol. The zero-order valence-electron chi connectivity index (χ0n) is 13.2. The van der Waals surface area contributed by atoms with Crippen LogP contribution in [0.2, 0.25) is 0 Å². The molecule has 0 aliphatic carbocycles. The summed E-state index contributed by atoms with van der Waals surface area (Å²) >= 11 is 6.12. The highest BCUT2D eigenvalue weighted by molar-refractivity contribution is 6.53. The Kier molecular flexibility index (Phi) is 4.27. The number of imide groups is 1. The van der Waals surface area contributed by atoms with Gasteiger partial charge in [-0.2, -0.15) is 0 Å². The number of rotatable bonds is 4. The Morgan fingerprint density at radius 3 is 2.50 bits per heavy atom. The minimum absolute atomic E-state index is 0.0683. The predicted octanol–water partition coefficient (Wildman–Crippen LogP) is 3.44. The lowest BCUT2D eigenvalue weighted by atomic mass is 10.2. The van der Waals surface area contributed by atoms with Crippen molar-refractivity contribution in [2.75, 3.05) is 17.3 Å². The highest BCUT2D eigenvalue weighted by atomic mass is 35.5. The average molecular weight is 343 g/mol. The number of nitrogens with zero attached hydrogens (tertiary/aromatic N) is 1. The second-order valence-electron chi connectivity index (χ2n) is 5.28. The van der Waals surface area contributed by atoms with E-state index in [1.54, 1.807) is 24.3 Å². The number of carbonyl (C=O) groups is 2. The van der Waals surface area contributed by atoms with Gasteiger partial charge in [-0.15, -0.1) is 0 Å². The van der Waals surface area contributed by atoms with Crippen molar-refractivity contribution in [3.8, 4) is 5.75 Å². The van der Waals surface area contributed by atoms with E-state index in [9.17, 15) is 9.59 Å². The Labute approximate surface area is 144 Å². The van der Waals surface area contributed by atoms with E-state index in [-0.39, 0.29) is 10.7 Å². The van der Waals surface area contributed by atoms with Crippen LogP contribution in [-0.4, -0.2) is 18.9 Å². The number of carbonyl (C=O) groups excluding carboxylic acids is 2. The van der Waals surface area contributed by atoms with Gasteiger partial charge in [-0.05, 0) is 30.7 Å². The molecule has 2 amide bonds. The SMILES string of the molecule is COc1cccc(N2C(=O)C(Cl)=C(Nc3ccccc3C)C2=O)c1. The van der Waals surface area contributed by atoms with Crippen molar-refractivity contribution in [3.05, 3.63) is 64.8 Å². The summed E-state index contributed by atoms with van der Waals surface area (Å²) in [6, 6.07) is 14.1. The molecule has 0 atom stereocenters. The topological polar surface area (TPSA) is 58.6 Å². The Balaban J connectivity index is 1.94. The summed E-state index contributed by atoms with van der Waals surface area (Å²) in [5.74, 6) is -0.517. The molecular formula is C18H15ClN2O3. The van der Waals surface area contributed by atoms with Crippen LogP contribution in [0.4, 0.5) is 11.4 Å². The molecule has 3 rings (SSSR count). The molecule has 0 radical (unpaired) electrons. The third-order valence-corrected chi connectivity index (χ3v) is 4.09. The summed E-state index contributed by atoms with van der Waals surface area (Å²) in [5, 5.41) is 2.84. The summed E-state index contributed by atoms with van der Waals surface area (Å²) in [7, 11) is 1.52. The van der Waals surface area contributed by atoms with Gasteiger partial charge in [-0.3, -0.25) is 9.59 Å². The van der Waals surface area contributed by atoms with E-state index in [4.69, 9.17) is 16.3 Å². The van der Waals surface area contributed by atoms with Crippen LogP contribution in [0.15, 0.2) is 59.3 Å². The molecule has 0 aromatic heterocycles. The lowest BCUT2D eigenvalue weighted by molar-refractivity contribution is -0.120. The number of ether oxygens (including phenoxy) is 1. The van der Waals surface area contributed by atoms with Gasteiger partial charge >= 0.3 is 0 Å². The summed E-state index contributed by atoms with van der Waals surface area (Å²) in [6.07, 6.45) is 0. The number of benzene rings is 2. The number of nitrogens with one attached hydrogen (secondary N) is 1. The van der Waals surface area contributed by atoms with Crippen LogP contribution in [0.3, 0.4) is 0 Å². The molecule has 1 aliphatic heterocycles. The third-order valence-electron chi connectivity index (χ3n) is 3.74. The van der Waals surface area contributed by atoms with Crippen LogP contribution >= 0.6 is 11.6 Å². The number of anilines is 2. The van der Waals surface area contributed by atoms with E-state index in [0.717, 1.165) is 16.2 Å². The van der Waals surface area contributed by atoms with Gasteiger partial charge in [-0.1, -0.05) is 35.9 Å². The zero-order chi connectivity index (χ0) is 17.3. The van der Waals surface area contributed by atoms with Gasteiger partial charge < -0.3 is 10.1 Å². The maximum Gasteiger partial charge on any atom is 0.283 e. The van der Waals surface area contributed by atoms with Crippen LogP contribution < -0.4 is 15.0 Å². The fourth-order valence-corrected chi connectivity index (χ4v) is 2.66. The number of amides is 2. The molecule has 1 N–H and O–H groups in total. The third kappa shape index (κ3) is 2.74. The first-order valence-electron chi connectivity index (χ1n) is 7.28. The lowest BCUT2D eigenvalue weighted by Gasteiger charge is -2.16. The molecule has 6 heteroatoms. The van der Waals surface area contributed by atoms with Crippen molar-refractivity contribution in [1.82, 2.24) is 0 Å². The molecule has 0 spiro atoms. The van der Waals surface area contributed by atoms with Crippen LogP contribution in [0.25, 0.3) is 0 Å². The van der Waals surface area contributed by atoms with E-state index >= 15 is 0 Å². The first-order chi connectivity index (χ1) is 11.5. The van der Waals surface area contributed by atoms with E-state index in [1.165, 1.54) is 7.11 Å². The molecule has 1 aliphatic rings. The molecule has 0 fully saturated rings. The fraction of sp³-hybridized carbons (Fsp3) is 0.111. The van der Waals surface area contributed by atoms with Crippen molar-refractivity contribution in [3.63, 3.8) is 0 Å². The standard InChI is InChI=1S/C18H15ClN2O3/c1-11-6-3-4-9-14(11)20-16-15(19)17(22)21(18(16)23)12-7-5-8-13(10-12)24-2/h3-10,20H,1-2H3. The largest absolute Gasteiger partial charge is 0.497 e. The van der Waals surface area contributed by atoms with Crippen molar-refractivity contribution in [2.24, 2.45) is 0 Å². The quantitative estimate of drug-likeness (QED) is 0.865. The lowest BCUT2D eigenvalue weighted by Crippen LogP contribution is -2.32. The van der Waals surface area contributed by atoms with Gasteiger partial charge in [0.05, 0.1) is 12.8 Å². The average Bonchev–Trinajstić information content (AvgIpc) is 2.80. The summed E-state index contributed by atoms with van der Waals surface area (Å²) in [6.45, 7) is 1.90. The summed E-state index contributed by atoms with van der Waals surface area (Å²) in [5.41, 5.74) is 2.14. The van der Waals surface area contributed by atoms with Gasteiger partial charge in [0.15, 0.2) is 0 Å². The molecule has 0 unspecified atom stereocenters. The minimum Gasteiger partial charge on any atom is -0.497 e. The van der Waals surface area contributed by atoms with Crippen LogP contribution in [-0.2, 0) is 9.59 Å². The second kappa shape index (κ2) is 6.37. The Morgan fingerprint density at radius 2 is 1.79 bits per heavy atom. The van der Waals surface area contributed by atoms with Crippen LogP contribution in [0.5, 0.6) is 5.75 Å². The van der Waals surface area contributed by atoms with Crippen LogP contribution in [0, 0.1) is 6.92 Å². The molecule has 0 saturated carbocycles.